The zero-order valence-corrected chi connectivity index (χ0v) is 12.9. The third kappa shape index (κ3) is 3.23. The molecule has 6 heteroatoms. The second kappa shape index (κ2) is 6.02. The topological polar surface area (TPSA) is 36.4 Å². The van der Waals surface area contributed by atoms with Crippen LogP contribution in [0.5, 0.6) is 0 Å². The Balaban J connectivity index is 2.20. The van der Waals surface area contributed by atoms with E-state index in [9.17, 15) is 5.11 Å². The largest absolute Gasteiger partial charge is 0.392 e. The predicted octanol–water partition coefficient (Wildman–Crippen LogP) is 3.69. The van der Waals surface area contributed by atoms with E-state index in [0.29, 0.717) is 0 Å². The second-order valence-corrected chi connectivity index (χ2v) is 6.57. The summed E-state index contributed by atoms with van der Waals surface area (Å²) in [7, 11) is 1.95. The molecule has 2 aromatic heterocycles. The summed E-state index contributed by atoms with van der Waals surface area (Å²) in [5.41, 5.74) is 0.800. The van der Waals surface area contributed by atoms with E-state index in [1.165, 1.54) is 0 Å². The number of rotatable bonds is 4. The van der Waals surface area contributed by atoms with Crippen LogP contribution in [-0.4, -0.2) is 17.1 Å². The van der Waals surface area contributed by atoms with E-state index in [2.05, 4.69) is 20.9 Å². The van der Waals surface area contributed by atoms with Crippen LogP contribution in [0.25, 0.3) is 0 Å². The molecule has 2 rings (SSSR count). The molecule has 0 aromatic carbocycles. The van der Waals surface area contributed by atoms with Gasteiger partial charge in [-0.2, -0.15) is 0 Å². The fraction of sp³-hybridized carbons (Fsp3) is 0.250. The van der Waals surface area contributed by atoms with Gasteiger partial charge in [0.15, 0.2) is 0 Å². The van der Waals surface area contributed by atoms with Crippen molar-refractivity contribution in [3.63, 3.8) is 0 Å². The Morgan fingerprint density at radius 1 is 1.50 bits per heavy atom. The van der Waals surface area contributed by atoms with Crippen LogP contribution in [0.1, 0.15) is 10.4 Å². The molecule has 3 nitrogen and oxygen atoms in total. The van der Waals surface area contributed by atoms with Crippen LogP contribution in [0.3, 0.4) is 0 Å². The second-order valence-electron chi connectivity index (χ2n) is 3.86. The zero-order valence-electron chi connectivity index (χ0n) is 9.73. The summed E-state index contributed by atoms with van der Waals surface area (Å²) in [6.07, 6.45) is 1.73. The van der Waals surface area contributed by atoms with Crippen LogP contribution in [0.2, 0.25) is 4.34 Å². The molecular weight excluding hydrogens is 336 g/mol. The van der Waals surface area contributed by atoms with Crippen LogP contribution in [0.15, 0.2) is 28.9 Å². The number of pyridine rings is 1. The number of halogens is 2. The van der Waals surface area contributed by atoms with Crippen LogP contribution in [0.4, 0.5) is 5.82 Å². The van der Waals surface area contributed by atoms with Crippen LogP contribution >= 0.6 is 38.9 Å². The van der Waals surface area contributed by atoms with Crippen molar-refractivity contribution in [3.8, 4) is 0 Å². The molecule has 2 heterocycles. The van der Waals surface area contributed by atoms with Gasteiger partial charge in [-0.3, -0.25) is 0 Å². The monoisotopic (exact) mass is 346 g/mol. The molecule has 0 aliphatic rings. The van der Waals surface area contributed by atoms with E-state index < -0.39 is 0 Å². The summed E-state index contributed by atoms with van der Waals surface area (Å²) in [6.45, 7) is 0.691. The van der Waals surface area contributed by atoms with E-state index in [-0.39, 0.29) is 6.61 Å². The first-order valence-corrected chi connectivity index (χ1v) is 7.29. The first-order valence-electron chi connectivity index (χ1n) is 5.31. The maximum Gasteiger partial charge on any atom is 0.134 e. The summed E-state index contributed by atoms with van der Waals surface area (Å²) >= 11 is 10.8. The van der Waals surface area contributed by atoms with Gasteiger partial charge in [0, 0.05) is 28.2 Å². The van der Waals surface area contributed by atoms with Crippen LogP contribution in [0, 0.1) is 0 Å². The predicted molar refractivity (Wildman–Crippen MR) is 79.3 cm³/mol. The minimum atomic E-state index is -0.0304. The minimum absolute atomic E-state index is 0.0304. The van der Waals surface area contributed by atoms with Crippen molar-refractivity contribution < 1.29 is 5.11 Å². The number of hydrogen-bond donors (Lipinski definition) is 1. The van der Waals surface area contributed by atoms with Crippen LogP contribution in [-0.2, 0) is 13.2 Å². The van der Waals surface area contributed by atoms with E-state index in [1.807, 2.05) is 30.1 Å². The lowest BCUT2D eigenvalue weighted by molar-refractivity contribution is 0.281. The molecule has 0 fully saturated rings. The van der Waals surface area contributed by atoms with Crippen LogP contribution < -0.4 is 4.90 Å². The highest BCUT2D eigenvalue weighted by Gasteiger charge is 2.10. The fourth-order valence-electron chi connectivity index (χ4n) is 1.68. The SMILES string of the molecule is CN(Cc1ccc(Cl)s1)c1ncc(Br)cc1CO. The van der Waals surface area contributed by atoms with Gasteiger partial charge in [-0.1, -0.05) is 11.6 Å². The third-order valence-corrected chi connectivity index (χ3v) is 4.11. The van der Waals surface area contributed by atoms with Crippen molar-refractivity contribution in [2.24, 2.45) is 0 Å². The number of aromatic nitrogens is 1. The lowest BCUT2D eigenvalue weighted by atomic mass is 10.2. The highest BCUT2D eigenvalue weighted by Crippen LogP contribution is 2.26. The lowest BCUT2D eigenvalue weighted by Gasteiger charge is -2.20. The molecule has 0 aliphatic heterocycles. The highest BCUT2D eigenvalue weighted by molar-refractivity contribution is 9.10. The number of hydrogen-bond acceptors (Lipinski definition) is 4. The number of anilines is 1. The molecule has 0 saturated carbocycles. The van der Waals surface area contributed by atoms with Gasteiger partial charge < -0.3 is 10.0 Å². The normalized spacial score (nSPS) is 10.7. The fourth-order valence-corrected chi connectivity index (χ4v) is 3.20. The minimum Gasteiger partial charge on any atom is -0.392 e. The molecule has 0 aliphatic carbocycles. The van der Waals surface area contributed by atoms with Crippen molar-refractivity contribution >= 4 is 44.7 Å². The maximum absolute atomic E-state index is 9.36. The Morgan fingerprint density at radius 2 is 2.28 bits per heavy atom. The summed E-state index contributed by atoms with van der Waals surface area (Å²) in [5.74, 6) is 0.783. The molecule has 2 aromatic rings. The number of aliphatic hydroxyl groups is 1. The molecule has 1 N–H and O–H groups in total. The summed E-state index contributed by atoms with van der Waals surface area (Å²) in [6, 6.07) is 5.76. The Hall–Kier alpha value is -0.620. The van der Waals surface area contributed by atoms with Gasteiger partial charge in [-0.05, 0) is 34.1 Å². The summed E-state index contributed by atoms with van der Waals surface area (Å²) in [4.78, 5) is 7.51. The lowest BCUT2D eigenvalue weighted by Crippen LogP contribution is -2.18. The van der Waals surface area contributed by atoms with Gasteiger partial charge in [-0.25, -0.2) is 4.98 Å². The van der Waals surface area contributed by atoms with E-state index in [0.717, 1.165) is 31.6 Å². The molecule has 96 valence electrons. The average molecular weight is 348 g/mol. The standard InChI is InChI=1S/C12H12BrClN2OS/c1-16(6-10-2-3-11(14)18-10)12-8(7-17)4-9(13)5-15-12/h2-5,17H,6-7H2,1H3. The Kier molecular flexibility index (Phi) is 4.61. The average Bonchev–Trinajstić information content (AvgIpc) is 2.74. The third-order valence-electron chi connectivity index (χ3n) is 2.46. The van der Waals surface area contributed by atoms with Crippen molar-refractivity contribution in [1.82, 2.24) is 4.98 Å². The van der Waals surface area contributed by atoms with Gasteiger partial charge in [0.2, 0.25) is 0 Å². The molecule has 0 bridgehead atoms. The first-order chi connectivity index (χ1) is 8.60. The maximum atomic E-state index is 9.36. The number of aliphatic hydroxyl groups excluding tert-OH is 1. The van der Waals surface area contributed by atoms with Crippen molar-refractivity contribution in [3.05, 3.63) is 43.6 Å². The summed E-state index contributed by atoms with van der Waals surface area (Å²) in [5, 5.41) is 9.36. The first kappa shape index (κ1) is 13.8. The van der Waals surface area contributed by atoms with Gasteiger partial charge in [0.1, 0.15) is 5.82 Å². The zero-order chi connectivity index (χ0) is 13.1. The Bertz CT molecular complexity index is 547. The number of nitrogens with zero attached hydrogens (tertiary/aromatic N) is 2. The molecule has 0 radical (unpaired) electrons. The van der Waals surface area contributed by atoms with Gasteiger partial charge in [-0.15, -0.1) is 11.3 Å². The van der Waals surface area contributed by atoms with Crippen molar-refractivity contribution in [1.29, 1.82) is 0 Å². The molecule has 0 atom stereocenters. The van der Waals surface area contributed by atoms with E-state index in [4.69, 9.17) is 11.6 Å². The molecule has 0 unspecified atom stereocenters. The van der Waals surface area contributed by atoms with Gasteiger partial charge in [0.05, 0.1) is 17.5 Å². The molecule has 0 amide bonds. The van der Waals surface area contributed by atoms with E-state index in [1.54, 1.807) is 17.5 Å². The highest BCUT2D eigenvalue weighted by atomic mass is 79.9. The Morgan fingerprint density at radius 3 is 2.89 bits per heavy atom. The molecule has 0 spiro atoms. The summed E-state index contributed by atoms with van der Waals surface area (Å²) < 4.78 is 1.65. The molecular formula is C12H12BrClN2OS. The smallest absolute Gasteiger partial charge is 0.134 e. The Labute approximate surface area is 123 Å². The molecule has 18 heavy (non-hydrogen) atoms. The van der Waals surface area contributed by atoms with Crippen molar-refractivity contribution in [2.45, 2.75) is 13.2 Å². The van der Waals surface area contributed by atoms with Gasteiger partial charge in [0.25, 0.3) is 0 Å². The molecule has 0 saturated heterocycles. The number of thiophene rings is 1. The van der Waals surface area contributed by atoms with Gasteiger partial charge >= 0.3 is 0 Å². The quantitative estimate of drug-likeness (QED) is 0.916. The van der Waals surface area contributed by atoms with Crippen molar-refractivity contribution in [2.75, 3.05) is 11.9 Å². The van der Waals surface area contributed by atoms with E-state index >= 15 is 0 Å².